The Kier molecular flexibility index (Phi) is 4.34. The van der Waals surface area contributed by atoms with Crippen LogP contribution in [0.4, 0.5) is 17.1 Å². The van der Waals surface area contributed by atoms with E-state index in [0.717, 1.165) is 17.1 Å². The Bertz CT molecular complexity index is 798. The summed E-state index contributed by atoms with van der Waals surface area (Å²) in [6.45, 7) is 2.04. The number of carbonyl (C=O) groups is 1. The van der Waals surface area contributed by atoms with Gasteiger partial charge >= 0.3 is 0 Å². The lowest BCUT2D eigenvalue weighted by Crippen LogP contribution is -2.12. The average molecular weight is 303 g/mol. The number of nitrogens with zero attached hydrogens (tertiary/aromatic N) is 1. The predicted molar refractivity (Wildman–Crippen MR) is 93.1 cm³/mol. The molecule has 1 heterocycles. The van der Waals surface area contributed by atoms with Crippen molar-refractivity contribution in [2.45, 2.75) is 6.92 Å². The molecule has 0 saturated carbocycles. The van der Waals surface area contributed by atoms with Gasteiger partial charge in [-0.3, -0.25) is 9.78 Å². The Hall–Kier alpha value is -3.14. The van der Waals surface area contributed by atoms with E-state index in [1.165, 1.54) is 5.56 Å². The third-order valence-corrected chi connectivity index (χ3v) is 3.37. The van der Waals surface area contributed by atoms with Gasteiger partial charge in [-0.15, -0.1) is 0 Å². The molecule has 0 aliphatic rings. The summed E-state index contributed by atoms with van der Waals surface area (Å²) in [7, 11) is 0. The summed E-state index contributed by atoms with van der Waals surface area (Å²) < 4.78 is 0. The lowest BCUT2D eigenvalue weighted by Gasteiger charge is -2.09. The Morgan fingerprint density at radius 3 is 2.35 bits per heavy atom. The molecule has 114 valence electrons. The van der Waals surface area contributed by atoms with E-state index in [2.05, 4.69) is 15.6 Å². The molecule has 3 aromatic rings. The van der Waals surface area contributed by atoms with Gasteiger partial charge in [0.05, 0.1) is 17.4 Å². The van der Waals surface area contributed by atoms with Gasteiger partial charge in [-0.2, -0.15) is 0 Å². The third-order valence-electron chi connectivity index (χ3n) is 3.37. The van der Waals surface area contributed by atoms with Gasteiger partial charge in [0.2, 0.25) is 0 Å². The second-order valence-electron chi connectivity index (χ2n) is 5.27. The average Bonchev–Trinajstić information content (AvgIpc) is 2.58. The van der Waals surface area contributed by atoms with E-state index in [9.17, 15) is 4.79 Å². The summed E-state index contributed by atoms with van der Waals surface area (Å²) >= 11 is 0. The summed E-state index contributed by atoms with van der Waals surface area (Å²) in [4.78, 5) is 16.4. The fraction of sp³-hybridized carbons (Fsp3) is 0.0526. The van der Waals surface area contributed by atoms with E-state index in [1.54, 1.807) is 18.5 Å². The van der Waals surface area contributed by atoms with Crippen LogP contribution in [0.5, 0.6) is 0 Å². The number of anilines is 3. The Morgan fingerprint density at radius 2 is 1.61 bits per heavy atom. The van der Waals surface area contributed by atoms with Crippen LogP contribution in [0.25, 0.3) is 0 Å². The Balaban J connectivity index is 1.74. The maximum Gasteiger partial charge on any atom is 0.257 e. The predicted octanol–water partition coefficient (Wildman–Crippen LogP) is 4.39. The summed E-state index contributed by atoms with van der Waals surface area (Å²) in [6, 6.07) is 19.2. The van der Waals surface area contributed by atoms with Crippen molar-refractivity contribution in [1.29, 1.82) is 0 Å². The zero-order valence-electron chi connectivity index (χ0n) is 12.8. The molecule has 1 aromatic heterocycles. The minimum absolute atomic E-state index is 0.184. The molecule has 0 fully saturated rings. The molecule has 4 heteroatoms. The highest BCUT2D eigenvalue weighted by atomic mass is 16.1. The Morgan fingerprint density at radius 1 is 0.870 bits per heavy atom. The summed E-state index contributed by atoms with van der Waals surface area (Å²) in [5, 5.41) is 6.10. The smallest absolute Gasteiger partial charge is 0.257 e. The summed E-state index contributed by atoms with van der Waals surface area (Å²) in [5.74, 6) is -0.184. The molecule has 0 spiro atoms. The fourth-order valence-electron chi connectivity index (χ4n) is 2.16. The van der Waals surface area contributed by atoms with Gasteiger partial charge in [0.1, 0.15) is 0 Å². The quantitative estimate of drug-likeness (QED) is 0.751. The minimum Gasteiger partial charge on any atom is -0.354 e. The van der Waals surface area contributed by atoms with Crippen molar-refractivity contribution in [3.8, 4) is 0 Å². The van der Waals surface area contributed by atoms with E-state index in [4.69, 9.17) is 0 Å². The van der Waals surface area contributed by atoms with Crippen LogP contribution in [0.2, 0.25) is 0 Å². The highest BCUT2D eigenvalue weighted by Crippen LogP contribution is 2.18. The van der Waals surface area contributed by atoms with E-state index in [0.29, 0.717) is 5.56 Å². The number of aromatic nitrogens is 1. The van der Waals surface area contributed by atoms with E-state index >= 15 is 0 Å². The SMILES string of the molecule is Cc1ccc(Nc2cncc(C(=O)Nc3ccccc3)c2)cc1. The van der Waals surface area contributed by atoms with Gasteiger partial charge in [-0.25, -0.2) is 0 Å². The van der Waals surface area contributed by atoms with Gasteiger partial charge < -0.3 is 10.6 Å². The van der Waals surface area contributed by atoms with Crippen molar-refractivity contribution >= 4 is 23.0 Å². The fourth-order valence-corrected chi connectivity index (χ4v) is 2.16. The molecule has 1 amide bonds. The second-order valence-corrected chi connectivity index (χ2v) is 5.27. The first-order valence-electron chi connectivity index (χ1n) is 7.36. The first-order chi connectivity index (χ1) is 11.2. The molecule has 0 aliphatic carbocycles. The summed E-state index contributed by atoms with van der Waals surface area (Å²) in [5.41, 5.74) is 4.19. The largest absolute Gasteiger partial charge is 0.354 e. The van der Waals surface area contributed by atoms with Gasteiger partial charge in [0.25, 0.3) is 5.91 Å². The van der Waals surface area contributed by atoms with Crippen molar-refractivity contribution in [2.24, 2.45) is 0 Å². The maximum absolute atomic E-state index is 12.3. The Labute approximate surface area is 135 Å². The van der Waals surface area contributed by atoms with Gasteiger partial charge in [0.15, 0.2) is 0 Å². The van der Waals surface area contributed by atoms with Gasteiger partial charge in [-0.05, 0) is 37.3 Å². The minimum atomic E-state index is -0.184. The van der Waals surface area contributed by atoms with Crippen molar-refractivity contribution in [3.05, 3.63) is 84.2 Å². The summed E-state index contributed by atoms with van der Waals surface area (Å²) in [6.07, 6.45) is 3.25. The van der Waals surface area contributed by atoms with Crippen molar-refractivity contribution < 1.29 is 4.79 Å². The molecular weight excluding hydrogens is 286 g/mol. The van der Waals surface area contributed by atoms with Crippen molar-refractivity contribution in [1.82, 2.24) is 4.98 Å². The first-order valence-corrected chi connectivity index (χ1v) is 7.36. The number of carbonyl (C=O) groups excluding carboxylic acids is 1. The van der Waals surface area contributed by atoms with Crippen LogP contribution in [-0.2, 0) is 0 Å². The van der Waals surface area contributed by atoms with E-state index in [-0.39, 0.29) is 5.91 Å². The normalized spacial score (nSPS) is 10.1. The maximum atomic E-state index is 12.3. The highest BCUT2D eigenvalue weighted by molar-refractivity contribution is 6.04. The lowest BCUT2D eigenvalue weighted by atomic mass is 10.2. The molecule has 2 aromatic carbocycles. The second kappa shape index (κ2) is 6.75. The molecule has 0 saturated heterocycles. The molecule has 0 aliphatic heterocycles. The van der Waals surface area contributed by atoms with Crippen LogP contribution in [0.15, 0.2) is 73.1 Å². The van der Waals surface area contributed by atoms with E-state index in [1.807, 2.05) is 61.5 Å². The molecule has 23 heavy (non-hydrogen) atoms. The lowest BCUT2D eigenvalue weighted by molar-refractivity contribution is 0.102. The molecule has 2 N–H and O–H groups in total. The van der Waals surface area contributed by atoms with Crippen LogP contribution >= 0.6 is 0 Å². The number of para-hydroxylation sites is 1. The molecular formula is C19H17N3O. The molecule has 4 nitrogen and oxygen atoms in total. The molecule has 0 radical (unpaired) electrons. The molecule has 0 unspecified atom stereocenters. The number of amides is 1. The number of pyridine rings is 1. The number of hydrogen-bond acceptors (Lipinski definition) is 3. The van der Waals surface area contributed by atoms with Crippen LogP contribution in [0.1, 0.15) is 15.9 Å². The monoisotopic (exact) mass is 303 g/mol. The number of nitrogens with one attached hydrogen (secondary N) is 2. The van der Waals surface area contributed by atoms with Crippen LogP contribution < -0.4 is 10.6 Å². The number of rotatable bonds is 4. The molecule has 3 rings (SSSR count). The highest BCUT2D eigenvalue weighted by Gasteiger charge is 2.07. The standard InChI is InChI=1S/C19H17N3O/c1-14-7-9-17(10-8-14)21-18-11-15(12-20-13-18)19(23)22-16-5-3-2-4-6-16/h2-13,21H,1H3,(H,22,23). The topological polar surface area (TPSA) is 54.0 Å². The molecule has 0 atom stereocenters. The van der Waals surface area contributed by atoms with Gasteiger partial charge in [-0.1, -0.05) is 35.9 Å². The zero-order valence-corrected chi connectivity index (χ0v) is 12.8. The zero-order chi connectivity index (χ0) is 16.1. The van der Waals surface area contributed by atoms with Gasteiger partial charge in [0, 0.05) is 17.6 Å². The number of hydrogen-bond donors (Lipinski definition) is 2. The number of aryl methyl sites for hydroxylation is 1. The number of benzene rings is 2. The van der Waals surface area contributed by atoms with E-state index < -0.39 is 0 Å². The van der Waals surface area contributed by atoms with Crippen LogP contribution in [0.3, 0.4) is 0 Å². The van der Waals surface area contributed by atoms with Crippen molar-refractivity contribution in [2.75, 3.05) is 10.6 Å². The van der Waals surface area contributed by atoms with Crippen molar-refractivity contribution in [3.63, 3.8) is 0 Å². The van der Waals surface area contributed by atoms with Crippen LogP contribution in [0, 0.1) is 6.92 Å². The first kappa shape index (κ1) is 14.8. The third kappa shape index (κ3) is 3.95. The van der Waals surface area contributed by atoms with Crippen LogP contribution in [-0.4, -0.2) is 10.9 Å². The molecule has 0 bridgehead atoms.